The van der Waals surface area contributed by atoms with E-state index in [1.165, 1.54) is 0 Å². The summed E-state index contributed by atoms with van der Waals surface area (Å²) in [5.41, 5.74) is -1.31. The molecule has 6 nitrogen and oxygen atoms in total. The van der Waals surface area contributed by atoms with E-state index < -0.39 is 25.4 Å². The van der Waals surface area contributed by atoms with E-state index in [1.807, 2.05) is 14.1 Å². The van der Waals surface area contributed by atoms with Crippen molar-refractivity contribution < 1.29 is 20.1 Å². The van der Waals surface area contributed by atoms with Crippen LogP contribution in [-0.4, -0.2) is 83.6 Å². The number of thioether (sulfide) groups is 1. The largest absolute Gasteiger partial charge is 0.394 e. The van der Waals surface area contributed by atoms with Crippen LogP contribution in [0.1, 0.15) is 21.3 Å². The minimum absolute atomic E-state index is 0. The molecular formula is C13H32N2O4S. The second-order valence-corrected chi connectivity index (χ2v) is 5.69. The number of nitrogens with one attached hydrogen (secondary N) is 1. The van der Waals surface area contributed by atoms with Crippen LogP contribution < -0.4 is 5.32 Å². The van der Waals surface area contributed by atoms with Crippen LogP contribution in [0.25, 0.3) is 0 Å². The molecule has 0 aromatic rings. The Morgan fingerprint density at radius 1 is 1.10 bits per heavy atom. The first kappa shape index (κ1) is 24.7. The van der Waals surface area contributed by atoms with Crippen LogP contribution in [0.3, 0.4) is 0 Å². The predicted octanol–water partition coefficient (Wildman–Crippen LogP) is -0.225. The lowest BCUT2D eigenvalue weighted by atomic mass is 10.0. The monoisotopic (exact) mass is 312 g/mol. The number of aliphatic hydroxyl groups is 3. The first-order chi connectivity index (χ1) is 8.49. The lowest BCUT2D eigenvalue weighted by Gasteiger charge is -2.28. The maximum atomic E-state index is 11.6. The molecule has 0 aliphatic carbocycles. The van der Waals surface area contributed by atoms with Gasteiger partial charge in [0.25, 0.3) is 0 Å². The number of aliphatic hydroxyl groups excluding tert-OH is 3. The molecular weight excluding hydrogens is 280 g/mol. The second-order valence-electron chi connectivity index (χ2n) is 4.47. The molecule has 0 bridgehead atoms. The van der Waals surface area contributed by atoms with E-state index in [9.17, 15) is 4.79 Å². The van der Waals surface area contributed by atoms with Crippen LogP contribution in [-0.2, 0) is 4.79 Å². The molecule has 0 radical (unpaired) electrons. The van der Waals surface area contributed by atoms with Gasteiger partial charge in [-0.2, -0.15) is 11.8 Å². The Morgan fingerprint density at radius 3 is 2.00 bits per heavy atom. The quantitative estimate of drug-likeness (QED) is 0.417. The first-order valence-electron chi connectivity index (χ1n) is 5.86. The molecule has 0 unspecified atom stereocenters. The van der Waals surface area contributed by atoms with Gasteiger partial charge in [0.05, 0.1) is 19.8 Å². The van der Waals surface area contributed by atoms with Crippen molar-refractivity contribution in [3.63, 3.8) is 0 Å². The SMILES string of the molecule is C.C.CN(C)CCSCCC(=O)NC(CO)(CO)CO. The van der Waals surface area contributed by atoms with Crippen molar-refractivity contribution >= 4 is 17.7 Å². The molecule has 0 aliphatic heterocycles. The van der Waals surface area contributed by atoms with Gasteiger partial charge in [0.1, 0.15) is 5.54 Å². The number of carbonyl (C=O) groups is 1. The molecule has 0 aliphatic rings. The summed E-state index contributed by atoms with van der Waals surface area (Å²) in [6, 6.07) is 0. The van der Waals surface area contributed by atoms with Gasteiger partial charge in [0.15, 0.2) is 0 Å². The van der Waals surface area contributed by atoms with Crippen LogP contribution >= 0.6 is 11.8 Å². The van der Waals surface area contributed by atoms with Crippen molar-refractivity contribution in [2.45, 2.75) is 26.8 Å². The van der Waals surface area contributed by atoms with E-state index in [0.717, 1.165) is 12.3 Å². The molecule has 4 N–H and O–H groups in total. The number of carbonyl (C=O) groups excluding carboxylic acids is 1. The molecule has 20 heavy (non-hydrogen) atoms. The molecule has 0 heterocycles. The summed E-state index contributed by atoms with van der Waals surface area (Å²) in [5.74, 6) is 1.35. The van der Waals surface area contributed by atoms with Crippen molar-refractivity contribution in [2.24, 2.45) is 0 Å². The van der Waals surface area contributed by atoms with Crippen LogP contribution in [0.2, 0.25) is 0 Å². The van der Waals surface area contributed by atoms with Crippen LogP contribution in [0, 0.1) is 0 Å². The smallest absolute Gasteiger partial charge is 0.221 e. The van der Waals surface area contributed by atoms with Gasteiger partial charge in [-0.1, -0.05) is 14.9 Å². The number of hydrogen-bond donors (Lipinski definition) is 4. The van der Waals surface area contributed by atoms with E-state index in [4.69, 9.17) is 15.3 Å². The molecule has 0 fully saturated rings. The second kappa shape index (κ2) is 13.6. The van der Waals surface area contributed by atoms with Gasteiger partial charge in [-0.25, -0.2) is 0 Å². The van der Waals surface area contributed by atoms with Crippen molar-refractivity contribution in [2.75, 3.05) is 52.0 Å². The molecule has 7 heteroatoms. The van der Waals surface area contributed by atoms with Crippen LogP contribution in [0.5, 0.6) is 0 Å². The van der Waals surface area contributed by atoms with Gasteiger partial charge in [-0.3, -0.25) is 4.79 Å². The molecule has 0 atom stereocenters. The fourth-order valence-corrected chi connectivity index (χ4v) is 2.17. The van der Waals surface area contributed by atoms with E-state index in [2.05, 4.69) is 10.2 Å². The highest BCUT2D eigenvalue weighted by Crippen LogP contribution is 2.05. The molecule has 0 aromatic carbocycles. The Labute approximate surface area is 127 Å². The highest BCUT2D eigenvalue weighted by molar-refractivity contribution is 7.99. The fraction of sp³-hybridized carbons (Fsp3) is 0.923. The van der Waals surface area contributed by atoms with Crippen LogP contribution in [0.4, 0.5) is 0 Å². The highest BCUT2D eigenvalue weighted by Gasteiger charge is 2.29. The Kier molecular flexibility index (Phi) is 16.8. The summed E-state index contributed by atoms with van der Waals surface area (Å²) in [7, 11) is 3.98. The molecule has 1 amide bonds. The Balaban J connectivity index is -0.00000144. The molecule has 0 saturated carbocycles. The van der Waals surface area contributed by atoms with Gasteiger partial charge in [-0.15, -0.1) is 0 Å². The fourth-order valence-electron chi connectivity index (χ4n) is 1.14. The number of amides is 1. The minimum Gasteiger partial charge on any atom is -0.394 e. The lowest BCUT2D eigenvalue weighted by molar-refractivity contribution is -0.124. The van der Waals surface area contributed by atoms with E-state index in [-0.39, 0.29) is 20.8 Å². The zero-order chi connectivity index (χ0) is 14.0. The van der Waals surface area contributed by atoms with Gasteiger partial charge in [0.2, 0.25) is 5.91 Å². The normalized spacial score (nSPS) is 10.7. The zero-order valence-electron chi connectivity index (χ0n) is 11.1. The summed E-state index contributed by atoms with van der Waals surface area (Å²) in [4.78, 5) is 13.6. The minimum atomic E-state index is -1.31. The third-order valence-electron chi connectivity index (χ3n) is 2.47. The third kappa shape index (κ3) is 10.4. The van der Waals surface area contributed by atoms with Gasteiger partial charge < -0.3 is 25.5 Å². The maximum Gasteiger partial charge on any atom is 0.221 e. The lowest BCUT2D eigenvalue weighted by Crippen LogP contribution is -2.57. The van der Waals surface area contributed by atoms with E-state index in [0.29, 0.717) is 12.2 Å². The van der Waals surface area contributed by atoms with E-state index >= 15 is 0 Å². The third-order valence-corrected chi connectivity index (χ3v) is 3.43. The van der Waals surface area contributed by atoms with Crippen molar-refractivity contribution in [1.29, 1.82) is 0 Å². The average Bonchev–Trinajstić information content (AvgIpc) is 2.35. The molecule has 0 saturated heterocycles. The average molecular weight is 312 g/mol. The van der Waals surface area contributed by atoms with Crippen molar-refractivity contribution in [3.8, 4) is 0 Å². The molecule has 0 rings (SSSR count). The summed E-state index contributed by atoms with van der Waals surface area (Å²) in [6.07, 6.45) is 0.305. The molecule has 124 valence electrons. The number of hydrogen-bond acceptors (Lipinski definition) is 6. The summed E-state index contributed by atoms with van der Waals surface area (Å²) < 4.78 is 0. The van der Waals surface area contributed by atoms with Crippen molar-refractivity contribution in [1.82, 2.24) is 10.2 Å². The van der Waals surface area contributed by atoms with Crippen LogP contribution in [0.15, 0.2) is 0 Å². The highest BCUT2D eigenvalue weighted by atomic mass is 32.2. The van der Waals surface area contributed by atoms with Crippen molar-refractivity contribution in [3.05, 3.63) is 0 Å². The summed E-state index contributed by atoms with van der Waals surface area (Å²) >= 11 is 1.67. The van der Waals surface area contributed by atoms with Gasteiger partial charge in [-0.05, 0) is 14.1 Å². The van der Waals surface area contributed by atoms with E-state index in [1.54, 1.807) is 11.8 Å². The number of nitrogens with zero attached hydrogens (tertiary/aromatic N) is 1. The zero-order valence-corrected chi connectivity index (χ0v) is 11.9. The topological polar surface area (TPSA) is 93.0 Å². The Morgan fingerprint density at radius 2 is 1.60 bits per heavy atom. The maximum absolute atomic E-state index is 11.6. The number of rotatable bonds is 10. The van der Waals surface area contributed by atoms with Gasteiger partial charge in [0, 0.05) is 24.5 Å². The summed E-state index contributed by atoms with van der Waals surface area (Å²) in [5, 5.41) is 29.6. The van der Waals surface area contributed by atoms with Gasteiger partial charge >= 0.3 is 0 Å². The molecule has 0 aromatic heterocycles. The predicted molar refractivity (Wildman–Crippen MR) is 86.1 cm³/mol. The first-order valence-corrected chi connectivity index (χ1v) is 7.01. The Hall–Kier alpha value is -0.340. The molecule has 0 spiro atoms. The summed E-state index contributed by atoms with van der Waals surface area (Å²) in [6.45, 7) is -0.501. The Bertz CT molecular complexity index is 228. The standard InChI is InChI=1S/C11H24N2O4S.2CH4/c1-13(2)4-6-18-5-3-10(17)12-11(7-14,8-15)9-16;;/h14-16H,3-9H2,1-2H3,(H,12,17);2*1H4.